The molecule has 3 rings (SSSR count). The number of carbonyl (C=O) groups is 1. The van der Waals surface area contributed by atoms with E-state index < -0.39 is 0 Å². The fourth-order valence-electron chi connectivity index (χ4n) is 4.30. The Hall–Kier alpha value is -1.66. The predicted molar refractivity (Wildman–Crippen MR) is 110 cm³/mol. The highest BCUT2D eigenvalue weighted by Gasteiger charge is 2.41. The minimum Gasteiger partial charge on any atom is -0.462 e. The van der Waals surface area contributed by atoms with Crippen LogP contribution in [0, 0.1) is 0 Å². The number of carbonyl (C=O) groups excluding carboxylic acids is 1. The maximum atomic E-state index is 13.4. The number of rotatable bonds is 6. The van der Waals surface area contributed by atoms with Crippen molar-refractivity contribution in [2.75, 3.05) is 6.54 Å². The van der Waals surface area contributed by atoms with Crippen LogP contribution in [0.4, 0.5) is 0 Å². The number of thiazole rings is 1. The van der Waals surface area contributed by atoms with Crippen LogP contribution < -0.4 is 5.32 Å². The third kappa shape index (κ3) is 4.79. The van der Waals surface area contributed by atoms with Crippen molar-refractivity contribution in [1.82, 2.24) is 15.2 Å². The maximum Gasteiger partial charge on any atom is 0.273 e. The average Bonchev–Trinajstić information content (AvgIpc) is 3.23. The Kier molecular flexibility index (Phi) is 5.77. The summed E-state index contributed by atoms with van der Waals surface area (Å²) in [5, 5.41) is 6.32. The first-order chi connectivity index (χ1) is 12.7. The number of amides is 1. The third-order valence-corrected chi connectivity index (χ3v) is 5.93. The minimum atomic E-state index is -0.00142. The van der Waals surface area contributed by atoms with E-state index in [1.54, 1.807) is 6.26 Å². The van der Waals surface area contributed by atoms with Gasteiger partial charge in [0.25, 0.3) is 5.91 Å². The van der Waals surface area contributed by atoms with Crippen LogP contribution in [0.5, 0.6) is 0 Å². The van der Waals surface area contributed by atoms with E-state index in [1.807, 2.05) is 17.5 Å². The first-order valence-corrected chi connectivity index (χ1v) is 10.7. The fourth-order valence-corrected chi connectivity index (χ4v) is 5.06. The quantitative estimate of drug-likeness (QED) is 0.759. The first-order valence-electron chi connectivity index (χ1n) is 9.80. The van der Waals surface area contributed by atoms with Gasteiger partial charge in [0.1, 0.15) is 5.69 Å². The SMILES string of the molecule is CCCCN(C(=O)c1csc(-c2ccco2)n1)C1CC(C)(C)NC(C)(C)C1. The van der Waals surface area contributed by atoms with Gasteiger partial charge in [0.05, 0.1) is 6.26 Å². The van der Waals surface area contributed by atoms with Crippen LogP contribution in [0.1, 0.15) is 70.8 Å². The Bertz CT molecular complexity index is 748. The molecule has 0 aliphatic carbocycles. The van der Waals surface area contributed by atoms with E-state index in [9.17, 15) is 4.79 Å². The van der Waals surface area contributed by atoms with Gasteiger partial charge < -0.3 is 14.6 Å². The maximum absolute atomic E-state index is 13.4. The number of piperidine rings is 1. The monoisotopic (exact) mass is 389 g/mol. The topological polar surface area (TPSA) is 58.4 Å². The van der Waals surface area contributed by atoms with E-state index >= 15 is 0 Å². The highest BCUT2D eigenvalue weighted by Crippen LogP contribution is 2.33. The molecule has 27 heavy (non-hydrogen) atoms. The standard InChI is InChI=1S/C21H31N3O2S/c1-6-7-10-24(15-12-20(2,3)23-21(4,5)13-15)19(25)16-14-27-18(22-16)17-9-8-11-26-17/h8-9,11,14-15,23H,6-7,10,12-13H2,1-5H3. The van der Waals surface area contributed by atoms with Crippen LogP contribution >= 0.6 is 11.3 Å². The number of nitrogens with one attached hydrogen (secondary N) is 1. The van der Waals surface area contributed by atoms with Gasteiger partial charge in [-0.05, 0) is 59.1 Å². The molecule has 1 fully saturated rings. The summed E-state index contributed by atoms with van der Waals surface area (Å²) < 4.78 is 5.42. The largest absolute Gasteiger partial charge is 0.462 e. The zero-order valence-electron chi connectivity index (χ0n) is 17.0. The molecule has 1 amide bonds. The molecule has 0 unspecified atom stereocenters. The molecule has 6 heteroatoms. The molecule has 5 nitrogen and oxygen atoms in total. The van der Waals surface area contributed by atoms with Gasteiger partial charge in [-0.15, -0.1) is 11.3 Å². The van der Waals surface area contributed by atoms with Crippen molar-refractivity contribution < 1.29 is 9.21 Å². The average molecular weight is 390 g/mol. The van der Waals surface area contributed by atoms with Gasteiger partial charge in [0.2, 0.25) is 0 Å². The summed E-state index contributed by atoms with van der Waals surface area (Å²) in [7, 11) is 0. The molecule has 0 spiro atoms. The molecule has 2 aromatic heterocycles. The summed E-state index contributed by atoms with van der Waals surface area (Å²) in [6.07, 6.45) is 5.59. The molecule has 1 aliphatic rings. The van der Waals surface area contributed by atoms with Gasteiger partial charge in [0.15, 0.2) is 10.8 Å². The van der Waals surface area contributed by atoms with Crippen LogP contribution in [0.25, 0.3) is 10.8 Å². The van der Waals surface area contributed by atoms with Crippen molar-refractivity contribution in [2.24, 2.45) is 0 Å². The van der Waals surface area contributed by atoms with Crippen LogP contribution in [0.2, 0.25) is 0 Å². The number of hydrogen-bond acceptors (Lipinski definition) is 5. The van der Waals surface area contributed by atoms with Gasteiger partial charge in [-0.25, -0.2) is 4.98 Å². The van der Waals surface area contributed by atoms with Gasteiger partial charge in [-0.3, -0.25) is 4.79 Å². The molecular weight excluding hydrogens is 358 g/mol. The number of hydrogen-bond donors (Lipinski definition) is 1. The summed E-state index contributed by atoms with van der Waals surface area (Å²) in [6.45, 7) is 11.8. The Morgan fingerprint density at radius 1 is 1.33 bits per heavy atom. The van der Waals surface area contributed by atoms with E-state index in [-0.39, 0.29) is 23.0 Å². The molecule has 0 radical (unpaired) electrons. The molecular formula is C21H31N3O2S. The minimum absolute atomic E-state index is 0.00142. The molecule has 0 aromatic carbocycles. The lowest BCUT2D eigenvalue weighted by molar-refractivity contribution is 0.0437. The molecule has 0 saturated carbocycles. The number of nitrogens with zero attached hydrogens (tertiary/aromatic N) is 2. The van der Waals surface area contributed by atoms with Crippen LogP contribution in [-0.4, -0.2) is 39.5 Å². The second kappa shape index (κ2) is 7.76. The molecule has 0 bridgehead atoms. The molecule has 1 N–H and O–H groups in total. The Balaban J connectivity index is 1.84. The lowest BCUT2D eigenvalue weighted by Crippen LogP contribution is -2.62. The van der Waals surface area contributed by atoms with Crippen molar-refractivity contribution in [3.8, 4) is 10.8 Å². The van der Waals surface area contributed by atoms with Crippen molar-refractivity contribution in [2.45, 2.75) is 77.4 Å². The predicted octanol–water partition coefficient (Wildman–Crippen LogP) is 4.95. The zero-order valence-corrected chi connectivity index (χ0v) is 17.9. The zero-order chi connectivity index (χ0) is 19.7. The number of furan rings is 1. The summed E-state index contributed by atoms with van der Waals surface area (Å²) in [4.78, 5) is 20.0. The highest BCUT2D eigenvalue weighted by molar-refractivity contribution is 7.13. The Morgan fingerprint density at radius 2 is 2.04 bits per heavy atom. The summed E-state index contributed by atoms with van der Waals surface area (Å²) in [5.74, 6) is 0.749. The molecule has 0 atom stereocenters. The van der Waals surface area contributed by atoms with Crippen LogP contribution in [0.3, 0.4) is 0 Å². The van der Waals surface area contributed by atoms with Crippen molar-refractivity contribution in [1.29, 1.82) is 0 Å². The third-order valence-electron chi connectivity index (χ3n) is 5.08. The summed E-state index contributed by atoms with van der Waals surface area (Å²) >= 11 is 1.46. The van der Waals surface area contributed by atoms with Crippen molar-refractivity contribution in [3.05, 3.63) is 29.5 Å². The van der Waals surface area contributed by atoms with E-state index in [4.69, 9.17) is 4.42 Å². The van der Waals surface area contributed by atoms with Crippen molar-refractivity contribution in [3.63, 3.8) is 0 Å². The lowest BCUT2D eigenvalue weighted by atomic mass is 9.79. The fraction of sp³-hybridized carbons (Fsp3) is 0.619. The van der Waals surface area contributed by atoms with E-state index in [1.165, 1.54) is 11.3 Å². The Labute approximate surface area is 166 Å². The van der Waals surface area contributed by atoms with Gasteiger partial charge in [0, 0.05) is 29.0 Å². The van der Waals surface area contributed by atoms with E-state index in [0.29, 0.717) is 11.5 Å². The van der Waals surface area contributed by atoms with Gasteiger partial charge in [-0.1, -0.05) is 13.3 Å². The van der Waals surface area contributed by atoms with Gasteiger partial charge in [-0.2, -0.15) is 0 Å². The second-order valence-corrected chi connectivity index (χ2v) is 9.68. The normalized spacial score (nSPS) is 19.1. The molecule has 3 heterocycles. The smallest absolute Gasteiger partial charge is 0.273 e. The van der Waals surface area contributed by atoms with Crippen LogP contribution in [-0.2, 0) is 0 Å². The number of unbranched alkanes of at least 4 members (excludes halogenated alkanes) is 1. The molecule has 1 saturated heterocycles. The van der Waals surface area contributed by atoms with Crippen LogP contribution in [0.15, 0.2) is 28.2 Å². The molecule has 148 valence electrons. The van der Waals surface area contributed by atoms with Gasteiger partial charge >= 0.3 is 0 Å². The Morgan fingerprint density at radius 3 is 2.63 bits per heavy atom. The molecule has 1 aliphatic heterocycles. The highest BCUT2D eigenvalue weighted by atomic mass is 32.1. The van der Waals surface area contributed by atoms with E-state index in [0.717, 1.165) is 37.2 Å². The first kappa shape index (κ1) is 20.1. The second-order valence-electron chi connectivity index (χ2n) is 8.82. The summed E-state index contributed by atoms with van der Waals surface area (Å²) in [5.41, 5.74) is 0.522. The lowest BCUT2D eigenvalue weighted by Gasteiger charge is -2.49. The molecule has 2 aromatic rings. The summed E-state index contributed by atoms with van der Waals surface area (Å²) in [6, 6.07) is 3.93. The number of aromatic nitrogens is 1. The van der Waals surface area contributed by atoms with E-state index in [2.05, 4.69) is 49.8 Å². The van der Waals surface area contributed by atoms with Crippen molar-refractivity contribution >= 4 is 17.2 Å².